The molecule has 0 bridgehead atoms. The third-order valence-electron chi connectivity index (χ3n) is 5.59. The first-order valence-corrected chi connectivity index (χ1v) is 11.4. The van der Waals surface area contributed by atoms with Crippen LogP contribution in [0.3, 0.4) is 0 Å². The summed E-state index contributed by atoms with van der Waals surface area (Å²) in [5.41, 5.74) is 4.47. The van der Waals surface area contributed by atoms with Gasteiger partial charge in [0.25, 0.3) is 5.89 Å². The van der Waals surface area contributed by atoms with E-state index in [4.69, 9.17) is 4.52 Å². The summed E-state index contributed by atoms with van der Waals surface area (Å²) in [6.07, 6.45) is 0.888. The number of urea groups is 1. The lowest BCUT2D eigenvalue weighted by molar-refractivity contribution is 0.244. The van der Waals surface area contributed by atoms with Crippen molar-refractivity contribution in [3.8, 4) is 10.7 Å². The van der Waals surface area contributed by atoms with Crippen LogP contribution in [0.2, 0.25) is 0 Å². The third kappa shape index (κ3) is 3.61. The number of aromatic nitrogens is 2. The summed E-state index contributed by atoms with van der Waals surface area (Å²) in [7, 11) is 0. The van der Waals surface area contributed by atoms with Crippen molar-refractivity contribution in [1.82, 2.24) is 15.5 Å². The Morgan fingerprint density at radius 3 is 2.69 bits per heavy atom. The lowest BCUT2D eigenvalue weighted by Crippen LogP contribution is -2.46. The molecule has 6 nitrogen and oxygen atoms in total. The number of amides is 2. The molecule has 0 spiro atoms. The molecule has 32 heavy (non-hydrogen) atoms. The van der Waals surface area contributed by atoms with E-state index >= 15 is 0 Å². The quantitative estimate of drug-likeness (QED) is 0.408. The van der Waals surface area contributed by atoms with Crippen LogP contribution in [0, 0.1) is 0 Å². The van der Waals surface area contributed by atoms with Crippen LogP contribution in [0.4, 0.5) is 10.5 Å². The van der Waals surface area contributed by atoms with Crippen molar-refractivity contribution < 1.29 is 9.32 Å². The van der Waals surface area contributed by atoms with Crippen molar-refractivity contribution in [2.75, 3.05) is 4.90 Å². The summed E-state index contributed by atoms with van der Waals surface area (Å²) in [4.78, 5) is 20.6. The fourth-order valence-electron chi connectivity index (χ4n) is 3.98. The molecule has 0 radical (unpaired) electrons. The first kappa shape index (κ1) is 20.2. The van der Waals surface area contributed by atoms with Crippen LogP contribution in [0.5, 0.6) is 0 Å². The van der Waals surface area contributed by atoms with E-state index in [1.54, 1.807) is 16.2 Å². The highest BCUT2D eigenvalue weighted by Gasteiger charge is 2.36. The molecule has 0 saturated carbocycles. The minimum Gasteiger partial charge on any atom is -0.334 e. The van der Waals surface area contributed by atoms with Gasteiger partial charge >= 0.3 is 6.03 Å². The second kappa shape index (κ2) is 8.43. The van der Waals surface area contributed by atoms with Crippen molar-refractivity contribution in [1.29, 1.82) is 0 Å². The summed E-state index contributed by atoms with van der Waals surface area (Å²) in [6.45, 7) is 4.02. The Morgan fingerprint density at radius 1 is 1.09 bits per heavy atom. The zero-order valence-corrected chi connectivity index (χ0v) is 18.6. The monoisotopic (exact) mass is 442 g/mol. The predicted molar refractivity (Wildman–Crippen MR) is 126 cm³/mol. The van der Waals surface area contributed by atoms with E-state index in [0.29, 0.717) is 11.7 Å². The number of anilines is 1. The van der Waals surface area contributed by atoms with Gasteiger partial charge in [-0.15, -0.1) is 11.3 Å². The van der Waals surface area contributed by atoms with Crippen molar-refractivity contribution in [2.24, 2.45) is 0 Å². The second-order valence-corrected chi connectivity index (χ2v) is 8.50. The zero-order chi connectivity index (χ0) is 22.1. The fraction of sp³-hybridized carbons (Fsp3) is 0.160. The van der Waals surface area contributed by atoms with E-state index in [-0.39, 0.29) is 6.03 Å². The summed E-state index contributed by atoms with van der Waals surface area (Å²) in [5.74, 6) is 0.940. The smallest absolute Gasteiger partial charge is 0.326 e. The highest BCUT2D eigenvalue weighted by Crippen LogP contribution is 2.39. The molecule has 1 aliphatic rings. The molecular formula is C25H22N4O2S. The number of nitrogens with zero attached hydrogens (tertiary/aromatic N) is 3. The van der Waals surface area contributed by atoms with Gasteiger partial charge in [-0.3, -0.25) is 4.90 Å². The Balaban J connectivity index is 1.66. The van der Waals surface area contributed by atoms with Crippen LogP contribution >= 0.6 is 11.3 Å². The number of nitrogens with one attached hydrogen (secondary N) is 1. The van der Waals surface area contributed by atoms with E-state index in [0.717, 1.165) is 39.4 Å². The number of carbonyl (C=O) groups is 1. The van der Waals surface area contributed by atoms with Crippen LogP contribution in [0.15, 0.2) is 82.3 Å². The summed E-state index contributed by atoms with van der Waals surface area (Å²) in [5, 5.41) is 9.32. The maximum atomic E-state index is 13.3. The molecule has 3 heterocycles. The number of thiophene rings is 1. The standard InChI is InChI=1S/C25H22N4O2S/c1-3-17-9-7-12-19(15-17)29-16(2)21(22(26-25(29)30)18-10-5-4-6-11-18)24-27-23(28-31-24)20-13-8-14-32-20/h4-15,22H,3H2,1-2H3,(H,26,30). The van der Waals surface area contributed by atoms with Gasteiger partial charge in [-0.05, 0) is 48.1 Å². The average molecular weight is 443 g/mol. The Bertz CT molecular complexity index is 1280. The lowest BCUT2D eigenvalue weighted by atomic mass is 9.94. The molecule has 160 valence electrons. The normalized spacial score (nSPS) is 16.4. The van der Waals surface area contributed by atoms with Gasteiger partial charge in [-0.1, -0.05) is 60.6 Å². The minimum absolute atomic E-state index is 0.189. The Labute approximate surface area is 190 Å². The SMILES string of the molecule is CCc1cccc(N2C(=O)NC(c3ccccc3)C(c3nc(-c4cccs4)no3)=C2C)c1. The molecule has 5 rings (SSSR count). The second-order valence-electron chi connectivity index (χ2n) is 7.55. The van der Waals surface area contributed by atoms with Gasteiger partial charge in [0, 0.05) is 5.70 Å². The first-order chi connectivity index (χ1) is 15.7. The molecule has 2 aromatic heterocycles. The molecular weight excluding hydrogens is 420 g/mol. The van der Waals surface area contributed by atoms with Crippen molar-refractivity contribution >= 4 is 28.6 Å². The maximum Gasteiger partial charge on any atom is 0.326 e. The molecule has 0 fully saturated rings. The van der Waals surface area contributed by atoms with E-state index in [9.17, 15) is 4.79 Å². The van der Waals surface area contributed by atoms with Crippen LogP contribution in [0.1, 0.15) is 36.9 Å². The molecule has 2 amide bonds. The van der Waals surface area contributed by atoms with Crippen molar-refractivity contribution in [3.63, 3.8) is 0 Å². The van der Waals surface area contributed by atoms with Crippen molar-refractivity contribution in [3.05, 3.63) is 94.8 Å². The highest BCUT2D eigenvalue weighted by atomic mass is 32.1. The lowest BCUT2D eigenvalue weighted by Gasteiger charge is -2.35. The number of aryl methyl sites for hydroxylation is 1. The predicted octanol–water partition coefficient (Wildman–Crippen LogP) is 6.06. The molecule has 4 aromatic rings. The fourth-order valence-corrected chi connectivity index (χ4v) is 4.63. The van der Waals surface area contributed by atoms with Gasteiger partial charge in [0.05, 0.1) is 22.2 Å². The summed E-state index contributed by atoms with van der Waals surface area (Å²) >= 11 is 1.55. The minimum atomic E-state index is -0.397. The molecule has 7 heteroatoms. The van der Waals surface area contributed by atoms with Gasteiger partial charge < -0.3 is 9.84 Å². The third-order valence-corrected chi connectivity index (χ3v) is 6.46. The number of hydrogen-bond acceptors (Lipinski definition) is 5. The number of carbonyl (C=O) groups excluding carboxylic acids is 1. The zero-order valence-electron chi connectivity index (χ0n) is 17.8. The van der Waals surface area contributed by atoms with Gasteiger partial charge in [-0.2, -0.15) is 4.98 Å². The molecule has 0 saturated heterocycles. The Hall–Kier alpha value is -3.71. The van der Waals surface area contributed by atoms with Gasteiger partial charge in [0.2, 0.25) is 5.82 Å². The summed E-state index contributed by atoms with van der Waals surface area (Å²) < 4.78 is 5.72. The van der Waals surface area contributed by atoms with Gasteiger partial charge in [0.1, 0.15) is 0 Å². The number of benzene rings is 2. The van der Waals surface area contributed by atoms with Gasteiger partial charge in [-0.25, -0.2) is 4.79 Å². The Morgan fingerprint density at radius 2 is 1.94 bits per heavy atom. The molecule has 1 atom stereocenters. The van der Waals surface area contributed by atoms with Crippen LogP contribution in [0.25, 0.3) is 16.3 Å². The van der Waals surface area contributed by atoms with Crippen LogP contribution in [-0.2, 0) is 6.42 Å². The van der Waals surface area contributed by atoms with E-state index in [2.05, 4.69) is 28.4 Å². The molecule has 1 N–H and O–H groups in total. The van der Waals surface area contributed by atoms with E-state index in [1.807, 2.05) is 73.0 Å². The van der Waals surface area contributed by atoms with Crippen LogP contribution in [-0.4, -0.2) is 16.2 Å². The highest BCUT2D eigenvalue weighted by molar-refractivity contribution is 7.13. The molecule has 0 aliphatic carbocycles. The van der Waals surface area contributed by atoms with E-state index in [1.165, 1.54) is 0 Å². The van der Waals surface area contributed by atoms with Gasteiger partial charge in [0.15, 0.2) is 0 Å². The number of rotatable bonds is 5. The number of allylic oxidation sites excluding steroid dienone is 1. The number of hydrogen-bond donors (Lipinski definition) is 1. The Kier molecular flexibility index (Phi) is 5.33. The van der Waals surface area contributed by atoms with Crippen LogP contribution < -0.4 is 10.2 Å². The molecule has 2 aromatic carbocycles. The maximum absolute atomic E-state index is 13.3. The molecule has 1 aliphatic heterocycles. The summed E-state index contributed by atoms with van der Waals surface area (Å²) in [6, 6.07) is 21.2. The average Bonchev–Trinajstić information content (AvgIpc) is 3.52. The topological polar surface area (TPSA) is 71.3 Å². The largest absolute Gasteiger partial charge is 0.334 e. The molecule has 1 unspecified atom stereocenters. The van der Waals surface area contributed by atoms with E-state index < -0.39 is 6.04 Å². The van der Waals surface area contributed by atoms with Crippen molar-refractivity contribution in [2.45, 2.75) is 26.3 Å². The first-order valence-electron chi connectivity index (χ1n) is 10.5.